The second kappa shape index (κ2) is 3.62. The van der Waals surface area contributed by atoms with Crippen LogP contribution in [0.5, 0.6) is 0 Å². The van der Waals surface area contributed by atoms with Gasteiger partial charge in [0.05, 0.1) is 0 Å². The van der Waals surface area contributed by atoms with Gasteiger partial charge in [0.15, 0.2) is 5.82 Å². The quantitative estimate of drug-likeness (QED) is 0.885. The van der Waals surface area contributed by atoms with E-state index in [-0.39, 0.29) is 11.0 Å². The smallest absolute Gasteiger partial charge is 0.155 e. The van der Waals surface area contributed by atoms with Crippen LogP contribution in [0.25, 0.3) is 5.82 Å². The molecule has 2 heterocycles. The third-order valence-corrected chi connectivity index (χ3v) is 3.94. The summed E-state index contributed by atoms with van der Waals surface area (Å²) in [6.07, 6.45) is 7.34. The van der Waals surface area contributed by atoms with E-state index in [1.165, 1.54) is 11.9 Å². The summed E-state index contributed by atoms with van der Waals surface area (Å²) in [7, 11) is 0. The van der Waals surface area contributed by atoms with E-state index in [1.807, 2.05) is 12.3 Å². The van der Waals surface area contributed by atoms with Crippen molar-refractivity contribution in [2.45, 2.75) is 37.6 Å². The van der Waals surface area contributed by atoms with Gasteiger partial charge in [-0.05, 0) is 38.3 Å². The summed E-state index contributed by atoms with van der Waals surface area (Å²) in [6, 6.07) is 4.07. The van der Waals surface area contributed by atoms with Gasteiger partial charge in [-0.2, -0.15) is 5.10 Å². The van der Waals surface area contributed by atoms with Crippen LogP contribution in [-0.2, 0) is 5.41 Å². The maximum Gasteiger partial charge on any atom is 0.155 e. The molecule has 2 N–H and O–H groups in total. The maximum absolute atomic E-state index is 6.29. The molecule has 0 spiro atoms. The molecule has 1 fully saturated rings. The van der Waals surface area contributed by atoms with E-state index < -0.39 is 0 Å². The lowest BCUT2D eigenvalue weighted by molar-refractivity contribution is 0.390. The molecule has 0 atom stereocenters. The lowest BCUT2D eigenvalue weighted by Gasteiger charge is -2.31. The predicted molar refractivity (Wildman–Crippen MR) is 68.3 cm³/mol. The van der Waals surface area contributed by atoms with Crippen LogP contribution < -0.4 is 5.73 Å². The van der Waals surface area contributed by atoms with Gasteiger partial charge in [0.1, 0.15) is 12.7 Å². The van der Waals surface area contributed by atoms with Gasteiger partial charge in [-0.25, -0.2) is 14.6 Å². The van der Waals surface area contributed by atoms with E-state index in [4.69, 9.17) is 5.73 Å². The fourth-order valence-electron chi connectivity index (χ4n) is 2.56. The highest BCUT2D eigenvalue weighted by Gasteiger charge is 2.53. The molecule has 5 nitrogen and oxygen atoms in total. The Kier molecular flexibility index (Phi) is 2.28. The van der Waals surface area contributed by atoms with Crippen molar-refractivity contribution in [2.75, 3.05) is 0 Å². The largest absolute Gasteiger partial charge is 0.325 e. The average Bonchev–Trinajstić information content (AvgIpc) is 2.99. The summed E-state index contributed by atoms with van der Waals surface area (Å²) in [5.41, 5.74) is 7.40. The van der Waals surface area contributed by atoms with Gasteiger partial charge >= 0.3 is 0 Å². The summed E-state index contributed by atoms with van der Waals surface area (Å²) in [5, 5.41) is 4.06. The Morgan fingerprint density at radius 3 is 2.56 bits per heavy atom. The molecule has 0 radical (unpaired) electrons. The van der Waals surface area contributed by atoms with Crippen molar-refractivity contribution in [1.82, 2.24) is 19.7 Å². The molecule has 0 amide bonds. The second-order valence-corrected chi connectivity index (χ2v) is 5.55. The Morgan fingerprint density at radius 2 is 2.11 bits per heavy atom. The van der Waals surface area contributed by atoms with Crippen molar-refractivity contribution in [1.29, 1.82) is 0 Å². The Labute approximate surface area is 106 Å². The van der Waals surface area contributed by atoms with Crippen LogP contribution in [0.4, 0.5) is 0 Å². The molecule has 1 saturated carbocycles. The molecule has 2 aromatic rings. The molecule has 3 rings (SSSR count). The molecule has 94 valence electrons. The van der Waals surface area contributed by atoms with Crippen LogP contribution in [-0.4, -0.2) is 25.3 Å². The summed E-state index contributed by atoms with van der Waals surface area (Å²) >= 11 is 0. The van der Waals surface area contributed by atoms with Crippen molar-refractivity contribution in [3.8, 4) is 5.82 Å². The van der Waals surface area contributed by atoms with E-state index in [9.17, 15) is 0 Å². The zero-order valence-electron chi connectivity index (χ0n) is 10.7. The highest BCUT2D eigenvalue weighted by molar-refractivity contribution is 5.37. The maximum atomic E-state index is 6.29. The Bertz CT molecular complexity index is 532. The first kappa shape index (κ1) is 11.3. The summed E-state index contributed by atoms with van der Waals surface area (Å²) < 4.78 is 1.65. The highest BCUT2D eigenvalue weighted by Crippen LogP contribution is 2.54. The van der Waals surface area contributed by atoms with Gasteiger partial charge in [-0.1, -0.05) is 6.07 Å². The van der Waals surface area contributed by atoms with E-state index >= 15 is 0 Å². The minimum Gasteiger partial charge on any atom is -0.325 e. The van der Waals surface area contributed by atoms with Crippen LogP contribution >= 0.6 is 0 Å². The predicted octanol–water partition coefficient (Wildman–Crippen LogP) is 1.43. The van der Waals surface area contributed by atoms with E-state index in [0.717, 1.165) is 18.7 Å². The normalized spacial score (nSPS) is 17.7. The van der Waals surface area contributed by atoms with E-state index in [0.29, 0.717) is 0 Å². The summed E-state index contributed by atoms with van der Waals surface area (Å²) in [4.78, 5) is 8.36. The number of pyridine rings is 1. The fourth-order valence-corrected chi connectivity index (χ4v) is 2.56. The SMILES string of the molecule is CC(C)(N)C1(c2ccc(-n3cncn3)nc2)CC1. The lowest BCUT2D eigenvalue weighted by Crippen LogP contribution is -2.45. The topological polar surface area (TPSA) is 69.6 Å². The first-order chi connectivity index (χ1) is 8.53. The number of hydrogen-bond donors (Lipinski definition) is 1. The van der Waals surface area contributed by atoms with Crippen LogP contribution in [0.3, 0.4) is 0 Å². The number of aromatic nitrogens is 4. The van der Waals surface area contributed by atoms with Crippen LogP contribution in [0.2, 0.25) is 0 Å². The molecular formula is C13H17N5. The zero-order chi connectivity index (χ0) is 12.8. The molecule has 0 saturated heterocycles. The van der Waals surface area contributed by atoms with E-state index in [2.05, 4.69) is 35.0 Å². The molecule has 5 heteroatoms. The monoisotopic (exact) mass is 243 g/mol. The number of hydrogen-bond acceptors (Lipinski definition) is 4. The molecule has 0 aromatic carbocycles. The minimum atomic E-state index is -0.205. The van der Waals surface area contributed by atoms with E-state index in [1.54, 1.807) is 11.0 Å². The Balaban J connectivity index is 1.93. The highest BCUT2D eigenvalue weighted by atomic mass is 15.3. The molecule has 18 heavy (non-hydrogen) atoms. The molecule has 0 bridgehead atoms. The molecule has 2 aromatic heterocycles. The van der Waals surface area contributed by atoms with Crippen LogP contribution in [0.15, 0.2) is 31.0 Å². The Morgan fingerprint density at radius 1 is 1.33 bits per heavy atom. The summed E-state index contributed by atoms with van der Waals surface area (Å²) in [6.45, 7) is 4.18. The first-order valence-electron chi connectivity index (χ1n) is 6.13. The standard InChI is InChI=1S/C13H17N5/c1-12(2,14)13(5-6-13)10-3-4-11(16-7-10)18-9-15-8-17-18/h3-4,7-9H,5-6,14H2,1-2H3. The van der Waals surface area contributed by atoms with Gasteiger partial charge in [-0.3, -0.25) is 0 Å². The van der Waals surface area contributed by atoms with Crippen molar-refractivity contribution in [3.63, 3.8) is 0 Å². The van der Waals surface area contributed by atoms with Crippen molar-refractivity contribution in [2.24, 2.45) is 5.73 Å². The van der Waals surface area contributed by atoms with Gasteiger partial charge in [0.2, 0.25) is 0 Å². The molecule has 0 aliphatic heterocycles. The zero-order valence-corrected chi connectivity index (χ0v) is 10.7. The number of nitrogens with zero attached hydrogens (tertiary/aromatic N) is 4. The number of nitrogens with two attached hydrogens (primary N) is 1. The molecule has 0 unspecified atom stereocenters. The average molecular weight is 243 g/mol. The third-order valence-electron chi connectivity index (χ3n) is 3.94. The van der Waals surface area contributed by atoms with Gasteiger partial charge in [-0.15, -0.1) is 0 Å². The van der Waals surface area contributed by atoms with Crippen LogP contribution in [0.1, 0.15) is 32.3 Å². The lowest BCUT2D eigenvalue weighted by atomic mass is 9.80. The minimum absolute atomic E-state index is 0.0981. The molecule has 1 aliphatic rings. The summed E-state index contributed by atoms with van der Waals surface area (Å²) in [5.74, 6) is 0.780. The fraction of sp³-hybridized carbons (Fsp3) is 0.462. The molecular weight excluding hydrogens is 226 g/mol. The van der Waals surface area contributed by atoms with Crippen molar-refractivity contribution < 1.29 is 0 Å². The van der Waals surface area contributed by atoms with Gasteiger partial charge < -0.3 is 5.73 Å². The van der Waals surface area contributed by atoms with Crippen molar-refractivity contribution >= 4 is 0 Å². The van der Waals surface area contributed by atoms with Crippen LogP contribution in [0, 0.1) is 0 Å². The van der Waals surface area contributed by atoms with Gasteiger partial charge in [0.25, 0.3) is 0 Å². The first-order valence-corrected chi connectivity index (χ1v) is 6.13. The third kappa shape index (κ3) is 1.62. The second-order valence-electron chi connectivity index (χ2n) is 5.55. The number of rotatable bonds is 3. The van der Waals surface area contributed by atoms with Gasteiger partial charge in [0, 0.05) is 17.2 Å². The Hall–Kier alpha value is -1.75. The van der Waals surface area contributed by atoms with Crippen molar-refractivity contribution in [3.05, 3.63) is 36.5 Å². The molecule has 1 aliphatic carbocycles.